The fraction of sp³-hybridized carbons (Fsp3) is 0.636. The minimum Gasteiger partial charge on any atom is -0.376 e. The second-order valence-electron chi connectivity index (χ2n) is 4.38. The lowest BCUT2D eigenvalue weighted by molar-refractivity contribution is -0.141. The van der Waals surface area contributed by atoms with E-state index in [0.717, 1.165) is 23.6 Å². The molecule has 1 fully saturated rings. The van der Waals surface area contributed by atoms with Crippen LogP contribution in [0.15, 0.2) is 6.07 Å². The fourth-order valence-electron chi connectivity index (χ4n) is 1.92. The molecule has 1 aliphatic heterocycles. The highest BCUT2D eigenvalue weighted by molar-refractivity contribution is 5.92. The molecule has 1 saturated heterocycles. The van der Waals surface area contributed by atoms with Gasteiger partial charge in [-0.1, -0.05) is 0 Å². The van der Waals surface area contributed by atoms with Crippen molar-refractivity contribution in [3.8, 4) is 0 Å². The van der Waals surface area contributed by atoms with Crippen molar-refractivity contribution in [3.63, 3.8) is 0 Å². The van der Waals surface area contributed by atoms with Gasteiger partial charge in [0.25, 0.3) is 5.91 Å². The molecule has 1 aliphatic rings. The number of nitrogens with zero attached hydrogens (tertiary/aromatic N) is 2. The molecule has 1 amide bonds. The van der Waals surface area contributed by atoms with E-state index in [4.69, 9.17) is 4.74 Å². The Labute approximate surface area is 107 Å². The van der Waals surface area contributed by atoms with Crippen LogP contribution in [0.5, 0.6) is 0 Å². The lowest BCUT2D eigenvalue weighted by atomic mass is 10.2. The second kappa shape index (κ2) is 5.20. The number of nitrogens with one attached hydrogen (secondary N) is 1. The maximum atomic E-state index is 12.4. The molecule has 0 radical (unpaired) electrons. The maximum absolute atomic E-state index is 12.4. The maximum Gasteiger partial charge on any atom is 0.435 e. The molecule has 2 heterocycles. The molecular weight excluding hydrogens is 263 g/mol. The summed E-state index contributed by atoms with van der Waals surface area (Å²) in [5.74, 6) is -0.582. The summed E-state index contributed by atoms with van der Waals surface area (Å²) in [4.78, 5) is 11.8. The number of rotatable bonds is 3. The summed E-state index contributed by atoms with van der Waals surface area (Å²) in [7, 11) is 1.30. The van der Waals surface area contributed by atoms with Gasteiger partial charge in [0.05, 0.1) is 6.10 Å². The van der Waals surface area contributed by atoms with Crippen molar-refractivity contribution in [1.29, 1.82) is 0 Å². The molecule has 0 saturated carbocycles. The minimum absolute atomic E-state index is 0.0562. The summed E-state index contributed by atoms with van der Waals surface area (Å²) >= 11 is 0. The zero-order chi connectivity index (χ0) is 14.0. The number of aromatic nitrogens is 2. The van der Waals surface area contributed by atoms with Gasteiger partial charge in [0.2, 0.25) is 0 Å². The van der Waals surface area contributed by atoms with Gasteiger partial charge in [-0.3, -0.25) is 9.48 Å². The molecule has 0 aromatic carbocycles. The van der Waals surface area contributed by atoms with Crippen LogP contribution < -0.4 is 5.32 Å². The number of carbonyl (C=O) groups excluding carboxylic acids is 1. The summed E-state index contributed by atoms with van der Waals surface area (Å²) in [6, 6.07) is 0.741. The van der Waals surface area contributed by atoms with Crippen LogP contribution in [0.2, 0.25) is 0 Å². The molecular formula is C11H14F3N3O2. The number of ether oxygens (including phenoxy) is 1. The summed E-state index contributed by atoms with van der Waals surface area (Å²) < 4.78 is 43.6. The van der Waals surface area contributed by atoms with Gasteiger partial charge in [-0.05, 0) is 12.8 Å². The Bertz CT molecular complexity index is 464. The molecule has 0 aliphatic carbocycles. The van der Waals surface area contributed by atoms with E-state index in [1.54, 1.807) is 0 Å². The molecule has 19 heavy (non-hydrogen) atoms. The third kappa shape index (κ3) is 3.25. The zero-order valence-corrected chi connectivity index (χ0v) is 10.3. The van der Waals surface area contributed by atoms with E-state index in [2.05, 4.69) is 10.4 Å². The normalized spacial score (nSPS) is 19.7. The van der Waals surface area contributed by atoms with Crippen LogP contribution in [-0.2, 0) is 18.0 Å². The van der Waals surface area contributed by atoms with E-state index in [1.807, 2.05) is 0 Å². The highest BCUT2D eigenvalue weighted by Gasteiger charge is 2.35. The van der Waals surface area contributed by atoms with Crippen LogP contribution in [-0.4, -0.2) is 34.9 Å². The zero-order valence-electron chi connectivity index (χ0n) is 10.3. The lowest BCUT2D eigenvalue weighted by Gasteiger charge is -2.10. The molecule has 1 aromatic heterocycles. The third-order valence-electron chi connectivity index (χ3n) is 2.92. The van der Waals surface area contributed by atoms with Crippen molar-refractivity contribution in [3.05, 3.63) is 17.5 Å². The van der Waals surface area contributed by atoms with Gasteiger partial charge in [0.1, 0.15) is 5.69 Å². The highest BCUT2D eigenvalue weighted by atomic mass is 19.4. The largest absolute Gasteiger partial charge is 0.435 e. The van der Waals surface area contributed by atoms with Crippen LogP contribution >= 0.6 is 0 Å². The van der Waals surface area contributed by atoms with Gasteiger partial charge in [-0.25, -0.2) is 0 Å². The van der Waals surface area contributed by atoms with Crippen molar-refractivity contribution >= 4 is 5.91 Å². The molecule has 106 valence electrons. The summed E-state index contributed by atoms with van der Waals surface area (Å²) in [6.07, 6.45) is -2.83. The monoisotopic (exact) mass is 277 g/mol. The third-order valence-corrected chi connectivity index (χ3v) is 2.92. The first kappa shape index (κ1) is 13.9. The average Bonchev–Trinajstić information content (AvgIpc) is 2.93. The quantitative estimate of drug-likeness (QED) is 0.907. The van der Waals surface area contributed by atoms with Gasteiger partial charge >= 0.3 is 6.18 Å². The Hall–Kier alpha value is -1.57. The molecule has 0 bridgehead atoms. The van der Waals surface area contributed by atoms with Crippen LogP contribution in [0.25, 0.3) is 0 Å². The predicted molar refractivity (Wildman–Crippen MR) is 59.5 cm³/mol. The molecule has 8 heteroatoms. The van der Waals surface area contributed by atoms with Crippen LogP contribution in [0, 0.1) is 0 Å². The highest BCUT2D eigenvalue weighted by Crippen LogP contribution is 2.28. The number of hydrogen-bond acceptors (Lipinski definition) is 3. The number of carbonyl (C=O) groups is 1. The van der Waals surface area contributed by atoms with E-state index < -0.39 is 17.8 Å². The smallest absolute Gasteiger partial charge is 0.376 e. The molecule has 1 N–H and O–H groups in total. The first-order valence-corrected chi connectivity index (χ1v) is 5.89. The molecule has 1 unspecified atom stereocenters. The van der Waals surface area contributed by atoms with Crippen LogP contribution in [0.4, 0.5) is 13.2 Å². The van der Waals surface area contributed by atoms with Crippen LogP contribution in [0.1, 0.15) is 29.0 Å². The van der Waals surface area contributed by atoms with Crippen molar-refractivity contribution in [2.45, 2.75) is 25.1 Å². The number of halogens is 3. The van der Waals surface area contributed by atoms with E-state index in [0.29, 0.717) is 13.2 Å². The van der Waals surface area contributed by atoms with Crippen molar-refractivity contribution in [2.75, 3.05) is 13.2 Å². The lowest BCUT2D eigenvalue weighted by Crippen LogP contribution is -2.32. The summed E-state index contributed by atoms with van der Waals surface area (Å²) in [5.41, 5.74) is -1.19. The molecule has 2 rings (SSSR count). The van der Waals surface area contributed by atoms with Crippen molar-refractivity contribution < 1.29 is 22.7 Å². The van der Waals surface area contributed by atoms with Crippen molar-refractivity contribution in [2.24, 2.45) is 7.05 Å². The van der Waals surface area contributed by atoms with E-state index in [1.165, 1.54) is 7.05 Å². The topological polar surface area (TPSA) is 56.2 Å². The Balaban J connectivity index is 2.00. The number of alkyl halides is 3. The predicted octanol–water partition coefficient (Wildman–Crippen LogP) is 1.35. The van der Waals surface area contributed by atoms with Gasteiger partial charge in [0.15, 0.2) is 5.69 Å². The Morgan fingerprint density at radius 1 is 1.63 bits per heavy atom. The van der Waals surface area contributed by atoms with E-state index in [9.17, 15) is 18.0 Å². The fourth-order valence-corrected chi connectivity index (χ4v) is 1.92. The number of aryl methyl sites for hydroxylation is 1. The SMILES string of the molecule is Cn1nc(C(F)(F)F)cc1C(=O)NCC1CCCO1. The van der Waals surface area contributed by atoms with Crippen molar-refractivity contribution in [1.82, 2.24) is 15.1 Å². The first-order chi connectivity index (χ1) is 8.88. The van der Waals surface area contributed by atoms with E-state index in [-0.39, 0.29) is 11.8 Å². The molecule has 1 aromatic rings. The molecule has 1 atom stereocenters. The Morgan fingerprint density at radius 3 is 2.89 bits per heavy atom. The first-order valence-electron chi connectivity index (χ1n) is 5.89. The van der Waals surface area contributed by atoms with Gasteiger partial charge in [-0.2, -0.15) is 18.3 Å². The van der Waals surface area contributed by atoms with Gasteiger partial charge < -0.3 is 10.1 Å². The van der Waals surface area contributed by atoms with E-state index >= 15 is 0 Å². The van der Waals surface area contributed by atoms with Gasteiger partial charge in [0, 0.05) is 26.3 Å². The summed E-state index contributed by atoms with van der Waals surface area (Å²) in [6.45, 7) is 0.954. The number of amides is 1. The Morgan fingerprint density at radius 2 is 2.37 bits per heavy atom. The minimum atomic E-state index is -4.55. The number of hydrogen-bond donors (Lipinski definition) is 1. The molecule has 5 nitrogen and oxygen atoms in total. The Kier molecular flexibility index (Phi) is 3.79. The average molecular weight is 277 g/mol. The van der Waals surface area contributed by atoms with Crippen LogP contribution in [0.3, 0.4) is 0 Å². The summed E-state index contributed by atoms with van der Waals surface area (Å²) in [5, 5.41) is 5.84. The second-order valence-corrected chi connectivity index (χ2v) is 4.38. The molecule has 0 spiro atoms. The standard InChI is InChI=1S/C11H14F3N3O2/c1-17-8(5-9(16-17)11(12,13)14)10(18)15-6-7-3-2-4-19-7/h5,7H,2-4,6H2,1H3,(H,15,18). The van der Waals surface area contributed by atoms with Gasteiger partial charge in [-0.15, -0.1) is 0 Å².